The van der Waals surface area contributed by atoms with Gasteiger partial charge in [0.2, 0.25) is 0 Å². The van der Waals surface area contributed by atoms with E-state index in [0.717, 1.165) is 5.56 Å². The molecule has 0 aliphatic rings. The number of nitrogens with two attached hydrogens (primary N) is 1. The number of benzene rings is 1. The minimum absolute atomic E-state index is 0.0904. The third-order valence-corrected chi connectivity index (χ3v) is 2.13. The summed E-state index contributed by atoms with van der Waals surface area (Å²) in [5.41, 5.74) is 5.63. The van der Waals surface area contributed by atoms with Crippen molar-refractivity contribution >= 4 is 17.7 Å². The molecule has 16 heavy (non-hydrogen) atoms. The topological polar surface area (TPSA) is 64.4 Å². The lowest BCUT2D eigenvalue weighted by Crippen LogP contribution is -2.23. The highest BCUT2D eigenvalue weighted by Crippen LogP contribution is 2.15. The van der Waals surface area contributed by atoms with Crippen molar-refractivity contribution in [3.05, 3.63) is 34.6 Å². The largest absolute Gasteiger partial charge is 0.448 e. The Morgan fingerprint density at radius 3 is 2.94 bits per heavy atom. The van der Waals surface area contributed by atoms with Gasteiger partial charge in [-0.15, -0.1) is 0 Å². The molecule has 0 aliphatic carbocycles. The molecular formula is C10H12ClFN2O2. The normalized spacial score (nSPS) is 10.1. The van der Waals surface area contributed by atoms with Crippen LogP contribution >= 0.6 is 11.6 Å². The number of amides is 1. The van der Waals surface area contributed by atoms with Gasteiger partial charge in [0.15, 0.2) is 0 Å². The molecule has 0 aliphatic heterocycles. The van der Waals surface area contributed by atoms with Crippen LogP contribution in [-0.4, -0.2) is 19.2 Å². The fraction of sp³-hybridized carbons (Fsp3) is 0.300. The standard InChI is InChI=1S/C10H12ClFN2O2/c11-8-5-7(1-2-9(8)12)6-14-3-4-16-10(13)15/h1-2,5,14H,3-4,6H2,(H2,13,15). The van der Waals surface area contributed by atoms with Crippen molar-refractivity contribution in [2.75, 3.05) is 13.2 Å². The molecule has 0 unspecified atom stereocenters. The van der Waals surface area contributed by atoms with Gasteiger partial charge in [0.05, 0.1) is 5.02 Å². The average molecular weight is 247 g/mol. The summed E-state index contributed by atoms with van der Waals surface area (Å²) in [5, 5.41) is 3.08. The van der Waals surface area contributed by atoms with Crippen LogP contribution in [0.4, 0.5) is 9.18 Å². The molecule has 0 bridgehead atoms. The lowest BCUT2D eigenvalue weighted by Gasteiger charge is -2.05. The summed E-state index contributed by atoms with van der Waals surface area (Å²) < 4.78 is 17.3. The number of hydrogen-bond acceptors (Lipinski definition) is 3. The number of halogens is 2. The van der Waals surface area contributed by atoms with Crippen molar-refractivity contribution in [2.24, 2.45) is 5.73 Å². The molecule has 0 atom stereocenters. The minimum Gasteiger partial charge on any atom is -0.448 e. The smallest absolute Gasteiger partial charge is 0.404 e. The second-order valence-electron chi connectivity index (χ2n) is 3.09. The van der Waals surface area contributed by atoms with Gasteiger partial charge in [-0.1, -0.05) is 17.7 Å². The van der Waals surface area contributed by atoms with Crippen LogP contribution in [0.3, 0.4) is 0 Å². The zero-order valence-electron chi connectivity index (χ0n) is 8.50. The summed E-state index contributed by atoms with van der Waals surface area (Å²) in [4.78, 5) is 10.2. The number of primary amides is 1. The zero-order valence-corrected chi connectivity index (χ0v) is 9.26. The van der Waals surface area contributed by atoms with Crippen LogP contribution in [0.5, 0.6) is 0 Å². The van der Waals surface area contributed by atoms with Crippen molar-refractivity contribution in [1.29, 1.82) is 0 Å². The molecule has 0 heterocycles. The molecule has 6 heteroatoms. The van der Waals surface area contributed by atoms with E-state index in [1.54, 1.807) is 12.1 Å². The van der Waals surface area contributed by atoms with E-state index in [2.05, 4.69) is 10.1 Å². The third kappa shape index (κ3) is 4.46. The maximum atomic E-state index is 12.8. The predicted molar refractivity (Wildman–Crippen MR) is 58.7 cm³/mol. The van der Waals surface area contributed by atoms with E-state index < -0.39 is 11.9 Å². The quantitative estimate of drug-likeness (QED) is 0.777. The van der Waals surface area contributed by atoms with E-state index >= 15 is 0 Å². The van der Waals surface area contributed by atoms with E-state index in [1.165, 1.54) is 6.07 Å². The Labute approximate surface area is 97.5 Å². The fourth-order valence-corrected chi connectivity index (χ4v) is 1.31. The molecule has 1 aromatic rings. The maximum Gasteiger partial charge on any atom is 0.404 e. The molecule has 88 valence electrons. The Morgan fingerprint density at radius 1 is 1.56 bits per heavy atom. The highest BCUT2D eigenvalue weighted by molar-refractivity contribution is 6.30. The van der Waals surface area contributed by atoms with Crippen molar-refractivity contribution in [1.82, 2.24) is 5.32 Å². The monoisotopic (exact) mass is 246 g/mol. The summed E-state index contributed by atoms with van der Waals surface area (Å²) in [7, 11) is 0. The Morgan fingerprint density at radius 2 is 2.31 bits per heavy atom. The lowest BCUT2D eigenvalue weighted by atomic mass is 10.2. The molecule has 3 N–H and O–H groups in total. The second-order valence-corrected chi connectivity index (χ2v) is 3.50. The van der Waals surface area contributed by atoms with Crippen LogP contribution in [0.1, 0.15) is 5.56 Å². The number of rotatable bonds is 5. The second kappa shape index (κ2) is 6.30. The van der Waals surface area contributed by atoms with Gasteiger partial charge in [-0.3, -0.25) is 0 Å². The van der Waals surface area contributed by atoms with Crippen LogP contribution in [0, 0.1) is 5.82 Å². The number of carbonyl (C=O) groups excluding carboxylic acids is 1. The van der Waals surface area contributed by atoms with E-state index in [1.807, 2.05) is 0 Å². The van der Waals surface area contributed by atoms with Crippen molar-refractivity contribution in [2.45, 2.75) is 6.54 Å². The Balaban J connectivity index is 2.27. The first kappa shape index (κ1) is 12.7. The molecule has 0 aromatic heterocycles. The molecule has 4 nitrogen and oxygen atoms in total. The van der Waals surface area contributed by atoms with Crippen LogP contribution in [-0.2, 0) is 11.3 Å². The molecule has 0 saturated heterocycles. The van der Waals surface area contributed by atoms with E-state index in [0.29, 0.717) is 13.1 Å². The number of ether oxygens (including phenoxy) is 1. The number of hydrogen-bond donors (Lipinski definition) is 2. The predicted octanol–water partition coefficient (Wildman–Crippen LogP) is 1.66. The molecule has 0 fully saturated rings. The fourth-order valence-electron chi connectivity index (χ4n) is 1.11. The van der Waals surface area contributed by atoms with Gasteiger partial charge in [-0.25, -0.2) is 9.18 Å². The van der Waals surface area contributed by atoms with Gasteiger partial charge < -0.3 is 15.8 Å². The number of nitrogens with one attached hydrogen (secondary N) is 1. The highest BCUT2D eigenvalue weighted by atomic mass is 35.5. The summed E-state index contributed by atoms with van der Waals surface area (Å²) >= 11 is 5.61. The van der Waals surface area contributed by atoms with Crippen LogP contribution in [0.2, 0.25) is 5.02 Å². The van der Waals surface area contributed by atoms with E-state index in [9.17, 15) is 9.18 Å². The molecular weight excluding hydrogens is 235 g/mol. The zero-order chi connectivity index (χ0) is 12.0. The average Bonchev–Trinajstić information content (AvgIpc) is 2.22. The van der Waals surface area contributed by atoms with Crippen LogP contribution < -0.4 is 11.1 Å². The van der Waals surface area contributed by atoms with Gasteiger partial charge in [-0.05, 0) is 17.7 Å². The van der Waals surface area contributed by atoms with Crippen molar-refractivity contribution < 1.29 is 13.9 Å². The maximum absolute atomic E-state index is 12.8. The molecule has 0 radical (unpaired) electrons. The van der Waals surface area contributed by atoms with E-state index in [4.69, 9.17) is 17.3 Å². The highest BCUT2D eigenvalue weighted by Gasteiger charge is 2.00. The number of carbonyl (C=O) groups is 1. The first-order chi connectivity index (χ1) is 7.59. The van der Waals surface area contributed by atoms with Gasteiger partial charge in [-0.2, -0.15) is 0 Å². The summed E-state index contributed by atoms with van der Waals surface area (Å²) in [6.45, 7) is 1.18. The molecule has 1 aromatic carbocycles. The summed E-state index contributed by atoms with van der Waals surface area (Å²) in [6.07, 6.45) is -0.799. The molecule has 1 amide bonds. The van der Waals surface area contributed by atoms with Gasteiger partial charge >= 0.3 is 6.09 Å². The van der Waals surface area contributed by atoms with Gasteiger partial charge in [0, 0.05) is 13.1 Å². The van der Waals surface area contributed by atoms with Gasteiger partial charge in [0.1, 0.15) is 12.4 Å². The third-order valence-electron chi connectivity index (χ3n) is 1.84. The van der Waals surface area contributed by atoms with Crippen molar-refractivity contribution in [3.8, 4) is 0 Å². The molecule has 1 rings (SSSR count). The minimum atomic E-state index is -0.799. The van der Waals surface area contributed by atoms with Gasteiger partial charge in [0.25, 0.3) is 0 Å². The van der Waals surface area contributed by atoms with Crippen LogP contribution in [0.15, 0.2) is 18.2 Å². The lowest BCUT2D eigenvalue weighted by molar-refractivity contribution is 0.157. The molecule has 0 saturated carbocycles. The Hall–Kier alpha value is -1.33. The van der Waals surface area contributed by atoms with Crippen molar-refractivity contribution in [3.63, 3.8) is 0 Å². The van der Waals surface area contributed by atoms with Crippen LogP contribution in [0.25, 0.3) is 0 Å². The molecule has 0 spiro atoms. The SMILES string of the molecule is NC(=O)OCCNCc1ccc(F)c(Cl)c1. The first-order valence-electron chi connectivity index (χ1n) is 4.66. The summed E-state index contributed by atoms with van der Waals surface area (Å²) in [6, 6.07) is 4.47. The Kier molecular flexibility index (Phi) is 5.01. The summed E-state index contributed by atoms with van der Waals surface area (Å²) in [5.74, 6) is -0.442. The first-order valence-corrected chi connectivity index (χ1v) is 5.04. The van der Waals surface area contributed by atoms with E-state index in [-0.39, 0.29) is 11.6 Å². The Bertz CT molecular complexity index is 374.